The first kappa shape index (κ1) is 11.9. The van der Waals surface area contributed by atoms with E-state index in [2.05, 4.69) is 5.32 Å². The number of nitriles is 1. The number of nitrogen functional groups attached to an aromatic ring is 1. The van der Waals surface area contributed by atoms with Crippen molar-refractivity contribution in [2.24, 2.45) is 0 Å². The van der Waals surface area contributed by atoms with Crippen LogP contribution in [0.4, 0.5) is 11.4 Å². The zero-order chi connectivity index (χ0) is 13.3. The fourth-order valence-corrected chi connectivity index (χ4v) is 1.86. The van der Waals surface area contributed by atoms with Crippen LogP contribution in [0.5, 0.6) is 0 Å². The molecule has 1 aromatic rings. The first-order chi connectivity index (χ1) is 8.52. The molecule has 3 N–H and O–H groups in total. The number of rotatable bonds is 1. The molecule has 6 nitrogen and oxygen atoms in total. The SMILES string of the molecule is CC1C(=O)NC(=O)CN1c1ccc(C#N)c(N)c1. The molecule has 0 bridgehead atoms. The van der Waals surface area contributed by atoms with E-state index >= 15 is 0 Å². The molecule has 0 radical (unpaired) electrons. The summed E-state index contributed by atoms with van der Waals surface area (Å²) in [5, 5.41) is 11.1. The maximum absolute atomic E-state index is 11.5. The topological polar surface area (TPSA) is 99.2 Å². The molecule has 1 aliphatic rings. The summed E-state index contributed by atoms with van der Waals surface area (Å²) < 4.78 is 0. The van der Waals surface area contributed by atoms with Crippen LogP contribution in [0.3, 0.4) is 0 Å². The van der Waals surface area contributed by atoms with Crippen molar-refractivity contribution in [2.75, 3.05) is 17.2 Å². The van der Waals surface area contributed by atoms with Crippen LogP contribution < -0.4 is 16.0 Å². The van der Waals surface area contributed by atoms with E-state index in [1.807, 2.05) is 6.07 Å². The van der Waals surface area contributed by atoms with Gasteiger partial charge in [-0.2, -0.15) is 5.26 Å². The Labute approximate surface area is 104 Å². The number of benzene rings is 1. The number of nitrogens with one attached hydrogen (secondary N) is 1. The van der Waals surface area contributed by atoms with Crippen molar-refractivity contribution in [3.8, 4) is 6.07 Å². The standard InChI is InChI=1S/C12H12N4O2/c1-7-12(18)15-11(17)6-16(7)9-3-2-8(5-13)10(14)4-9/h2-4,7H,6,14H2,1H3,(H,15,17,18). The van der Waals surface area contributed by atoms with Gasteiger partial charge in [0.05, 0.1) is 17.8 Å². The molecular weight excluding hydrogens is 232 g/mol. The molecule has 2 amide bonds. The van der Waals surface area contributed by atoms with Crippen LogP contribution >= 0.6 is 0 Å². The number of hydrogen-bond donors (Lipinski definition) is 2. The van der Waals surface area contributed by atoms with Gasteiger partial charge in [0.25, 0.3) is 0 Å². The van der Waals surface area contributed by atoms with Gasteiger partial charge in [-0.15, -0.1) is 0 Å². The van der Waals surface area contributed by atoms with Gasteiger partial charge in [0.2, 0.25) is 11.8 Å². The minimum atomic E-state index is -0.449. The zero-order valence-electron chi connectivity index (χ0n) is 9.80. The molecule has 6 heteroatoms. The van der Waals surface area contributed by atoms with Gasteiger partial charge in [-0.25, -0.2) is 0 Å². The number of hydrogen-bond acceptors (Lipinski definition) is 5. The Kier molecular flexibility index (Phi) is 2.90. The highest BCUT2D eigenvalue weighted by molar-refractivity contribution is 6.04. The molecule has 2 rings (SSSR count). The van der Waals surface area contributed by atoms with Gasteiger partial charge in [-0.1, -0.05) is 0 Å². The van der Waals surface area contributed by atoms with Crippen LogP contribution in [-0.4, -0.2) is 24.4 Å². The Hall–Kier alpha value is -2.55. The number of nitrogens with zero attached hydrogens (tertiary/aromatic N) is 2. The molecule has 0 spiro atoms. The molecule has 1 aliphatic heterocycles. The van der Waals surface area contributed by atoms with Crippen LogP contribution in [0, 0.1) is 11.3 Å². The number of anilines is 2. The maximum atomic E-state index is 11.5. The van der Waals surface area contributed by atoms with E-state index < -0.39 is 6.04 Å². The Balaban J connectivity index is 2.36. The number of carbonyl (C=O) groups excluding carboxylic acids is 2. The molecule has 1 saturated heterocycles. The van der Waals surface area contributed by atoms with Gasteiger partial charge in [0.15, 0.2) is 0 Å². The predicted molar refractivity (Wildman–Crippen MR) is 65.5 cm³/mol. The average molecular weight is 244 g/mol. The lowest BCUT2D eigenvalue weighted by Gasteiger charge is -2.33. The van der Waals surface area contributed by atoms with E-state index in [0.29, 0.717) is 16.9 Å². The first-order valence-corrected chi connectivity index (χ1v) is 5.43. The second-order valence-corrected chi connectivity index (χ2v) is 4.10. The summed E-state index contributed by atoms with van der Waals surface area (Å²) in [6.07, 6.45) is 0. The fourth-order valence-electron chi connectivity index (χ4n) is 1.86. The normalized spacial score (nSPS) is 19.3. The smallest absolute Gasteiger partial charge is 0.249 e. The first-order valence-electron chi connectivity index (χ1n) is 5.43. The van der Waals surface area contributed by atoms with Crippen LogP contribution in [0.25, 0.3) is 0 Å². The molecule has 1 aromatic carbocycles. The summed E-state index contributed by atoms with van der Waals surface area (Å²) in [6.45, 7) is 1.80. The molecule has 0 aromatic heterocycles. The fraction of sp³-hybridized carbons (Fsp3) is 0.250. The van der Waals surface area contributed by atoms with E-state index in [4.69, 9.17) is 11.0 Å². The monoisotopic (exact) mass is 244 g/mol. The van der Waals surface area contributed by atoms with Crippen molar-refractivity contribution in [3.05, 3.63) is 23.8 Å². The highest BCUT2D eigenvalue weighted by atomic mass is 16.2. The van der Waals surface area contributed by atoms with Crippen molar-refractivity contribution in [1.29, 1.82) is 5.26 Å². The number of imide groups is 1. The van der Waals surface area contributed by atoms with E-state index in [1.165, 1.54) is 0 Å². The molecule has 0 saturated carbocycles. The van der Waals surface area contributed by atoms with Crippen LogP contribution in [0.15, 0.2) is 18.2 Å². The summed E-state index contributed by atoms with van der Waals surface area (Å²) in [5.74, 6) is -0.685. The zero-order valence-corrected chi connectivity index (χ0v) is 9.80. The third-order valence-corrected chi connectivity index (χ3v) is 2.91. The average Bonchev–Trinajstić information content (AvgIpc) is 2.33. The second kappa shape index (κ2) is 4.37. The van der Waals surface area contributed by atoms with E-state index in [0.717, 1.165) is 0 Å². The minimum Gasteiger partial charge on any atom is -0.398 e. The minimum absolute atomic E-state index is 0.0955. The maximum Gasteiger partial charge on any atom is 0.249 e. The van der Waals surface area contributed by atoms with Gasteiger partial charge in [-0.3, -0.25) is 14.9 Å². The van der Waals surface area contributed by atoms with Crippen LogP contribution in [-0.2, 0) is 9.59 Å². The van der Waals surface area contributed by atoms with Crippen molar-refractivity contribution in [3.63, 3.8) is 0 Å². The highest BCUT2D eigenvalue weighted by Gasteiger charge is 2.30. The molecular formula is C12H12N4O2. The van der Waals surface area contributed by atoms with E-state index in [1.54, 1.807) is 30.0 Å². The Morgan fingerprint density at radius 3 is 2.83 bits per heavy atom. The lowest BCUT2D eigenvalue weighted by molar-refractivity contribution is -0.132. The van der Waals surface area contributed by atoms with Gasteiger partial charge in [0.1, 0.15) is 12.1 Å². The van der Waals surface area contributed by atoms with Crippen molar-refractivity contribution >= 4 is 23.2 Å². The predicted octanol–water partition coefficient (Wildman–Crippen LogP) is -0.00822. The number of piperazine rings is 1. The molecule has 1 unspecified atom stereocenters. The highest BCUT2D eigenvalue weighted by Crippen LogP contribution is 2.23. The lowest BCUT2D eigenvalue weighted by Crippen LogP contribution is -2.57. The van der Waals surface area contributed by atoms with E-state index in [-0.39, 0.29) is 18.4 Å². The third kappa shape index (κ3) is 1.98. The van der Waals surface area contributed by atoms with Crippen LogP contribution in [0.2, 0.25) is 0 Å². The molecule has 18 heavy (non-hydrogen) atoms. The third-order valence-electron chi connectivity index (χ3n) is 2.91. The molecule has 1 heterocycles. The summed E-state index contributed by atoms with van der Waals surface area (Å²) >= 11 is 0. The molecule has 0 aliphatic carbocycles. The second-order valence-electron chi connectivity index (χ2n) is 4.10. The molecule has 1 atom stereocenters. The summed E-state index contributed by atoms with van der Waals surface area (Å²) in [5.41, 5.74) is 7.08. The Morgan fingerprint density at radius 2 is 2.22 bits per heavy atom. The molecule has 92 valence electrons. The lowest BCUT2D eigenvalue weighted by atomic mass is 10.1. The Morgan fingerprint density at radius 1 is 1.50 bits per heavy atom. The van der Waals surface area contributed by atoms with E-state index in [9.17, 15) is 9.59 Å². The largest absolute Gasteiger partial charge is 0.398 e. The summed E-state index contributed by atoms with van der Waals surface area (Å²) in [4.78, 5) is 24.5. The van der Waals surface area contributed by atoms with Gasteiger partial charge >= 0.3 is 0 Å². The summed E-state index contributed by atoms with van der Waals surface area (Å²) in [6, 6.07) is 6.37. The molecule has 1 fully saturated rings. The van der Waals surface area contributed by atoms with Crippen molar-refractivity contribution in [1.82, 2.24) is 5.32 Å². The van der Waals surface area contributed by atoms with Gasteiger partial charge < -0.3 is 10.6 Å². The number of carbonyl (C=O) groups is 2. The van der Waals surface area contributed by atoms with Crippen LogP contribution in [0.1, 0.15) is 12.5 Å². The quantitative estimate of drug-likeness (QED) is 0.534. The Bertz CT molecular complexity index is 562. The van der Waals surface area contributed by atoms with Gasteiger partial charge in [-0.05, 0) is 25.1 Å². The number of nitrogens with two attached hydrogens (primary N) is 1. The summed E-state index contributed by atoms with van der Waals surface area (Å²) in [7, 11) is 0. The van der Waals surface area contributed by atoms with Gasteiger partial charge in [0, 0.05) is 5.69 Å². The van der Waals surface area contributed by atoms with Crippen molar-refractivity contribution < 1.29 is 9.59 Å². The van der Waals surface area contributed by atoms with Crippen molar-refractivity contribution in [2.45, 2.75) is 13.0 Å². The number of amides is 2.